The van der Waals surface area contributed by atoms with Crippen molar-refractivity contribution in [2.24, 2.45) is 0 Å². The molecule has 1 radical (unpaired) electrons. The van der Waals surface area contributed by atoms with Gasteiger partial charge in [0.15, 0.2) is 0 Å². The molecule has 3 aromatic rings. The summed E-state index contributed by atoms with van der Waals surface area (Å²) in [5.74, 6) is 0. The molecule has 0 fully saturated rings. The van der Waals surface area contributed by atoms with Gasteiger partial charge < -0.3 is 0 Å². The Balaban J connectivity index is 2.22. The molecule has 0 aliphatic rings. The third-order valence-corrected chi connectivity index (χ3v) is 3.86. The van der Waals surface area contributed by atoms with Gasteiger partial charge in [-0.3, -0.25) is 0 Å². The maximum atomic E-state index is 6.58. The van der Waals surface area contributed by atoms with Crippen LogP contribution in [-0.2, 0) is 0 Å². The summed E-state index contributed by atoms with van der Waals surface area (Å²) in [6.45, 7) is 0. The molecule has 97 valence electrons. The summed E-state index contributed by atoms with van der Waals surface area (Å²) < 4.78 is 0. The highest BCUT2D eigenvalue weighted by molar-refractivity contribution is 6.41. The molecule has 3 aromatic carbocycles. The minimum atomic E-state index is 0.654. The van der Waals surface area contributed by atoms with E-state index in [1.54, 1.807) is 0 Å². The van der Waals surface area contributed by atoms with Crippen LogP contribution in [0.1, 0.15) is 0 Å². The van der Waals surface area contributed by atoms with Crippen molar-refractivity contribution in [1.82, 2.24) is 0 Å². The maximum absolute atomic E-state index is 6.58. The van der Waals surface area contributed by atoms with Crippen LogP contribution in [0, 0.1) is 6.07 Å². The van der Waals surface area contributed by atoms with Crippen LogP contribution in [0.15, 0.2) is 66.7 Å². The van der Waals surface area contributed by atoms with Gasteiger partial charge >= 0.3 is 0 Å². The van der Waals surface area contributed by atoms with E-state index in [0.717, 1.165) is 22.3 Å². The standard InChI is InChI=1S/C18H11Cl2/c19-16-12-11-15(13-7-3-1-4-8-13)18(20)17(16)14-9-5-2-6-10-14/h1-7,9-12H. The lowest BCUT2D eigenvalue weighted by Gasteiger charge is -2.12. The Labute approximate surface area is 128 Å². The first-order chi connectivity index (χ1) is 9.77. The highest BCUT2D eigenvalue weighted by Gasteiger charge is 2.13. The molecule has 20 heavy (non-hydrogen) atoms. The topological polar surface area (TPSA) is 0 Å². The van der Waals surface area contributed by atoms with Crippen LogP contribution in [0.4, 0.5) is 0 Å². The molecule has 0 aliphatic carbocycles. The van der Waals surface area contributed by atoms with E-state index in [1.165, 1.54) is 0 Å². The molecule has 3 rings (SSSR count). The van der Waals surface area contributed by atoms with Crippen molar-refractivity contribution in [3.63, 3.8) is 0 Å². The Morgan fingerprint density at radius 3 is 2.20 bits per heavy atom. The molecule has 0 atom stereocenters. The van der Waals surface area contributed by atoms with E-state index in [4.69, 9.17) is 23.2 Å². The van der Waals surface area contributed by atoms with E-state index in [-0.39, 0.29) is 0 Å². The first kappa shape index (κ1) is 13.2. The molecule has 0 amide bonds. The number of halogens is 2. The van der Waals surface area contributed by atoms with Gasteiger partial charge in [0.1, 0.15) is 0 Å². The second-order valence-corrected chi connectivity index (χ2v) is 5.21. The van der Waals surface area contributed by atoms with Crippen LogP contribution in [0.5, 0.6) is 0 Å². The van der Waals surface area contributed by atoms with Crippen LogP contribution in [-0.4, -0.2) is 0 Å². The Kier molecular flexibility index (Phi) is 3.77. The summed E-state index contributed by atoms with van der Waals surface area (Å²) in [6.07, 6.45) is 0. The zero-order valence-electron chi connectivity index (χ0n) is 10.6. The van der Waals surface area contributed by atoms with Crippen LogP contribution in [0.2, 0.25) is 10.0 Å². The van der Waals surface area contributed by atoms with Gasteiger partial charge in [-0.2, -0.15) is 0 Å². The molecule has 0 saturated carbocycles. The summed E-state index contributed by atoms with van der Waals surface area (Å²) in [5.41, 5.74) is 3.78. The largest absolute Gasteiger partial charge is 0.0836 e. The lowest BCUT2D eigenvalue weighted by molar-refractivity contribution is 1.58. The third kappa shape index (κ3) is 2.45. The minimum absolute atomic E-state index is 0.654. The minimum Gasteiger partial charge on any atom is -0.0836 e. The van der Waals surface area contributed by atoms with Gasteiger partial charge in [0.05, 0.1) is 5.02 Å². The van der Waals surface area contributed by atoms with Gasteiger partial charge in [0.25, 0.3) is 0 Å². The van der Waals surface area contributed by atoms with E-state index >= 15 is 0 Å². The summed E-state index contributed by atoms with van der Waals surface area (Å²) >= 11 is 12.9. The van der Waals surface area contributed by atoms with E-state index in [1.807, 2.05) is 66.7 Å². The molecule has 0 aliphatic heterocycles. The van der Waals surface area contributed by atoms with Gasteiger partial charge in [0, 0.05) is 16.1 Å². The quantitative estimate of drug-likeness (QED) is 0.534. The molecule has 0 nitrogen and oxygen atoms in total. The van der Waals surface area contributed by atoms with Gasteiger partial charge in [0.2, 0.25) is 0 Å². The number of hydrogen-bond donors (Lipinski definition) is 0. The summed E-state index contributed by atoms with van der Waals surface area (Å²) in [4.78, 5) is 0. The smallest absolute Gasteiger partial charge is 0.0577 e. The van der Waals surface area contributed by atoms with Gasteiger partial charge in [-0.15, -0.1) is 0 Å². The normalized spacial score (nSPS) is 10.5. The second-order valence-electron chi connectivity index (χ2n) is 4.43. The molecule has 0 unspecified atom stereocenters. The molecule has 2 heteroatoms. The van der Waals surface area contributed by atoms with Crippen LogP contribution in [0.3, 0.4) is 0 Å². The Morgan fingerprint density at radius 1 is 0.750 bits per heavy atom. The van der Waals surface area contributed by atoms with Crippen LogP contribution in [0.25, 0.3) is 22.3 Å². The van der Waals surface area contributed by atoms with Crippen molar-refractivity contribution in [1.29, 1.82) is 0 Å². The molecule has 0 saturated heterocycles. The monoisotopic (exact) mass is 297 g/mol. The zero-order valence-corrected chi connectivity index (χ0v) is 12.1. The molecule has 0 spiro atoms. The maximum Gasteiger partial charge on any atom is 0.0577 e. The van der Waals surface area contributed by atoms with Crippen molar-refractivity contribution in [3.8, 4) is 22.3 Å². The molecule has 0 N–H and O–H groups in total. The fraction of sp³-hybridized carbons (Fsp3) is 0. The van der Waals surface area contributed by atoms with Crippen molar-refractivity contribution < 1.29 is 0 Å². The fourth-order valence-electron chi connectivity index (χ4n) is 2.19. The average molecular weight is 298 g/mol. The average Bonchev–Trinajstić information content (AvgIpc) is 2.49. The van der Waals surface area contributed by atoms with Crippen LogP contribution >= 0.6 is 23.2 Å². The van der Waals surface area contributed by atoms with Crippen molar-refractivity contribution in [3.05, 3.63) is 82.8 Å². The number of hydrogen-bond acceptors (Lipinski definition) is 0. The Hall–Kier alpha value is -1.76. The summed E-state index contributed by atoms with van der Waals surface area (Å²) in [6, 6.07) is 24.7. The van der Waals surface area contributed by atoms with E-state index in [0.29, 0.717) is 10.0 Å². The lowest BCUT2D eigenvalue weighted by Crippen LogP contribution is -1.86. The second kappa shape index (κ2) is 5.70. The Bertz CT molecular complexity index is 719. The molecule has 0 bridgehead atoms. The van der Waals surface area contributed by atoms with Crippen LogP contribution < -0.4 is 0 Å². The summed E-state index contributed by atoms with van der Waals surface area (Å²) in [7, 11) is 0. The third-order valence-electron chi connectivity index (χ3n) is 3.15. The molecular formula is C18H11Cl2. The van der Waals surface area contributed by atoms with Gasteiger partial charge in [-0.1, -0.05) is 83.9 Å². The molecule has 0 aromatic heterocycles. The first-order valence-electron chi connectivity index (χ1n) is 6.28. The highest BCUT2D eigenvalue weighted by Crippen LogP contribution is 2.40. The molecular weight excluding hydrogens is 287 g/mol. The Morgan fingerprint density at radius 2 is 1.50 bits per heavy atom. The van der Waals surface area contributed by atoms with E-state index in [9.17, 15) is 0 Å². The fourth-order valence-corrected chi connectivity index (χ4v) is 2.88. The summed E-state index contributed by atoms with van der Waals surface area (Å²) in [5, 5.41) is 1.31. The van der Waals surface area contributed by atoms with E-state index in [2.05, 4.69) is 6.07 Å². The predicted octanol–water partition coefficient (Wildman–Crippen LogP) is 6.13. The van der Waals surface area contributed by atoms with Crippen molar-refractivity contribution >= 4 is 23.2 Å². The van der Waals surface area contributed by atoms with Gasteiger partial charge in [-0.05, 0) is 23.3 Å². The number of benzene rings is 3. The predicted molar refractivity (Wildman–Crippen MR) is 86.2 cm³/mol. The zero-order chi connectivity index (χ0) is 13.9. The first-order valence-corrected chi connectivity index (χ1v) is 7.03. The molecule has 0 heterocycles. The van der Waals surface area contributed by atoms with Crippen molar-refractivity contribution in [2.45, 2.75) is 0 Å². The highest BCUT2D eigenvalue weighted by atomic mass is 35.5. The lowest BCUT2D eigenvalue weighted by atomic mass is 9.99. The van der Waals surface area contributed by atoms with Crippen molar-refractivity contribution in [2.75, 3.05) is 0 Å². The van der Waals surface area contributed by atoms with E-state index < -0.39 is 0 Å². The van der Waals surface area contributed by atoms with Gasteiger partial charge in [-0.25, -0.2) is 0 Å². The number of rotatable bonds is 2. The SMILES string of the molecule is Clc1ccc(-c2[c]cccc2)c(Cl)c1-c1ccccc1.